The molecule has 0 aromatic heterocycles. The van der Waals surface area contributed by atoms with Crippen molar-refractivity contribution >= 4 is 32.7 Å². The van der Waals surface area contributed by atoms with Gasteiger partial charge in [-0.15, -0.1) is 0 Å². The maximum Gasteiger partial charge on any atom is 0.225 e. The summed E-state index contributed by atoms with van der Waals surface area (Å²) in [6, 6.07) is 0.278. The summed E-state index contributed by atoms with van der Waals surface area (Å²) in [7, 11) is 5.40. The molecule has 4 atom stereocenters. The minimum atomic E-state index is 0.204. The lowest BCUT2D eigenvalue weighted by Crippen LogP contribution is -2.26. The van der Waals surface area contributed by atoms with Gasteiger partial charge in [-0.25, -0.2) is 0 Å². The normalized spacial score (nSPS) is 25.8. The Hall–Kier alpha value is 0.720. The van der Waals surface area contributed by atoms with Crippen LogP contribution in [0.25, 0.3) is 0 Å². The average molecular weight is 211 g/mol. The van der Waals surface area contributed by atoms with E-state index in [4.69, 9.17) is 4.52 Å². The molecule has 11 heavy (non-hydrogen) atoms. The summed E-state index contributed by atoms with van der Waals surface area (Å²) in [5, 5.41) is 0. The van der Waals surface area contributed by atoms with Crippen LogP contribution in [0, 0.1) is 0 Å². The summed E-state index contributed by atoms with van der Waals surface area (Å²) in [5.41, 5.74) is 0. The van der Waals surface area contributed by atoms with E-state index in [1.807, 2.05) is 0 Å². The lowest BCUT2D eigenvalue weighted by Gasteiger charge is -2.18. The third-order valence-corrected chi connectivity index (χ3v) is 3.27. The Kier molecular flexibility index (Phi) is 4.17. The van der Waals surface area contributed by atoms with E-state index in [1.165, 1.54) is 0 Å². The predicted molar refractivity (Wildman–Crippen MR) is 53.6 cm³/mol. The SMILES string of the molecule is O=C1CC[C@@H](COPP)N1P. The van der Waals surface area contributed by atoms with Gasteiger partial charge in [0.15, 0.2) is 0 Å². The van der Waals surface area contributed by atoms with E-state index < -0.39 is 0 Å². The fourth-order valence-electron chi connectivity index (χ4n) is 1.07. The van der Waals surface area contributed by atoms with E-state index >= 15 is 0 Å². The van der Waals surface area contributed by atoms with Crippen molar-refractivity contribution in [3.63, 3.8) is 0 Å². The molecule has 1 saturated heterocycles. The van der Waals surface area contributed by atoms with Gasteiger partial charge in [0, 0.05) is 14.9 Å². The molecule has 0 radical (unpaired) electrons. The number of carbonyl (C=O) groups excluding carboxylic acids is 1. The van der Waals surface area contributed by atoms with E-state index in [0.717, 1.165) is 6.42 Å². The van der Waals surface area contributed by atoms with E-state index in [9.17, 15) is 4.79 Å². The first-order valence-corrected chi connectivity index (χ1v) is 6.63. The van der Waals surface area contributed by atoms with Crippen LogP contribution in [0.5, 0.6) is 0 Å². The van der Waals surface area contributed by atoms with Gasteiger partial charge in [-0.2, -0.15) is 0 Å². The van der Waals surface area contributed by atoms with Crippen molar-refractivity contribution in [2.24, 2.45) is 0 Å². The zero-order chi connectivity index (χ0) is 8.27. The van der Waals surface area contributed by atoms with Gasteiger partial charge in [0.05, 0.1) is 12.6 Å². The van der Waals surface area contributed by atoms with Gasteiger partial charge >= 0.3 is 0 Å². The molecule has 0 aromatic rings. The van der Waals surface area contributed by atoms with Crippen molar-refractivity contribution in [2.75, 3.05) is 6.61 Å². The Morgan fingerprint density at radius 1 is 1.82 bits per heavy atom. The second-order valence-corrected chi connectivity index (χ2v) is 4.21. The van der Waals surface area contributed by atoms with Crippen molar-refractivity contribution in [3.05, 3.63) is 0 Å². The second kappa shape index (κ2) is 4.67. The lowest BCUT2D eigenvalue weighted by atomic mass is 10.2. The fourth-order valence-corrected chi connectivity index (χ4v) is 2.01. The number of nitrogens with zero attached hydrogens (tertiary/aromatic N) is 1. The summed E-state index contributed by atoms with van der Waals surface area (Å²) < 4.78 is 6.92. The van der Waals surface area contributed by atoms with Crippen LogP contribution in [-0.4, -0.2) is 23.2 Å². The standard InChI is InChI=1S/C5H12NO2P3/c7-5-2-1-4(6(5)9)3-8-11-10/h4,11H,1-3,9-10H2/t4-/m0/s1. The van der Waals surface area contributed by atoms with Crippen molar-refractivity contribution in [1.82, 2.24) is 4.67 Å². The molecule has 64 valence electrons. The predicted octanol–water partition coefficient (Wildman–Crippen LogP) is 1.17. The van der Waals surface area contributed by atoms with Crippen molar-refractivity contribution in [1.29, 1.82) is 0 Å². The summed E-state index contributed by atoms with van der Waals surface area (Å²) in [6.07, 6.45) is 1.59. The van der Waals surface area contributed by atoms with Gasteiger partial charge in [0.1, 0.15) is 0 Å². The highest BCUT2D eigenvalue weighted by Crippen LogP contribution is 2.27. The molecule has 1 heterocycles. The fraction of sp³-hybridized carbons (Fsp3) is 0.800. The molecule has 0 aromatic carbocycles. The maximum absolute atomic E-state index is 11.0. The highest BCUT2D eigenvalue weighted by molar-refractivity contribution is 8.00. The first-order valence-electron chi connectivity index (χ1n) is 3.40. The Bertz CT molecular complexity index is 155. The molecule has 3 nitrogen and oxygen atoms in total. The number of carbonyl (C=O) groups is 1. The molecule has 1 fully saturated rings. The van der Waals surface area contributed by atoms with Gasteiger partial charge in [-0.05, 0) is 15.8 Å². The number of amides is 1. The summed E-state index contributed by atoms with van der Waals surface area (Å²) >= 11 is 0. The molecule has 6 heteroatoms. The van der Waals surface area contributed by atoms with E-state index in [1.54, 1.807) is 4.67 Å². The highest BCUT2D eigenvalue weighted by Gasteiger charge is 2.27. The van der Waals surface area contributed by atoms with Crippen LogP contribution < -0.4 is 0 Å². The third kappa shape index (κ3) is 2.60. The Morgan fingerprint density at radius 2 is 2.55 bits per heavy atom. The lowest BCUT2D eigenvalue weighted by molar-refractivity contribution is -0.124. The molecule has 1 amide bonds. The number of rotatable bonds is 3. The molecule has 1 aliphatic rings. The maximum atomic E-state index is 11.0. The molecule has 1 aliphatic heterocycles. The zero-order valence-electron chi connectivity index (χ0n) is 6.12. The molecule has 0 saturated carbocycles. The Labute approximate surface area is 72.8 Å². The van der Waals surface area contributed by atoms with Crippen molar-refractivity contribution in [3.8, 4) is 0 Å². The van der Waals surface area contributed by atoms with Crippen LogP contribution in [0.15, 0.2) is 0 Å². The highest BCUT2D eigenvalue weighted by atomic mass is 32.0. The first-order chi connectivity index (χ1) is 5.25. The molecule has 0 N–H and O–H groups in total. The largest absolute Gasteiger partial charge is 0.356 e. The Balaban J connectivity index is 2.30. The molecule has 3 unspecified atom stereocenters. The second-order valence-electron chi connectivity index (χ2n) is 2.42. The quantitative estimate of drug-likeness (QED) is 0.655. The molecule has 0 aliphatic carbocycles. The van der Waals surface area contributed by atoms with Gasteiger partial charge in [-0.3, -0.25) is 4.79 Å². The topological polar surface area (TPSA) is 29.5 Å². The van der Waals surface area contributed by atoms with E-state index in [0.29, 0.717) is 21.5 Å². The minimum Gasteiger partial charge on any atom is -0.356 e. The Morgan fingerprint density at radius 3 is 3.00 bits per heavy atom. The molecular weight excluding hydrogens is 199 g/mol. The van der Waals surface area contributed by atoms with Gasteiger partial charge in [0.25, 0.3) is 0 Å². The smallest absolute Gasteiger partial charge is 0.225 e. The summed E-state index contributed by atoms with van der Waals surface area (Å²) in [5.74, 6) is 0.204. The van der Waals surface area contributed by atoms with Crippen LogP contribution >= 0.6 is 26.8 Å². The van der Waals surface area contributed by atoms with Crippen molar-refractivity contribution < 1.29 is 9.32 Å². The van der Waals surface area contributed by atoms with Crippen molar-refractivity contribution in [2.45, 2.75) is 18.9 Å². The number of hydrogen-bond acceptors (Lipinski definition) is 2. The average Bonchev–Trinajstić information content (AvgIpc) is 2.31. The van der Waals surface area contributed by atoms with Crippen LogP contribution in [0.3, 0.4) is 0 Å². The molecular formula is C5H12NO2P3. The van der Waals surface area contributed by atoms with Gasteiger partial charge in [0.2, 0.25) is 5.91 Å². The van der Waals surface area contributed by atoms with Crippen LogP contribution in [0.2, 0.25) is 0 Å². The summed E-state index contributed by atoms with van der Waals surface area (Å²) in [4.78, 5) is 11.0. The monoisotopic (exact) mass is 211 g/mol. The number of hydrogen-bond donors (Lipinski definition) is 0. The molecule has 0 bridgehead atoms. The van der Waals surface area contributed by atoms with E-state index in [-0.39, 0.29) is 11.9 Å². The molecule has 0 spiro atoms. The van der Waals surface area contributed by atoms with Gasteiger partial charge in [-0.1, -0.05) is 8.93 Å². The molecule has 1 rings (SSSR count). The van der Waals surface area contributed by atoms with Gasteiger partial charge < -0.3 is 9.19 Å². The zero-order valence-corrected chi connectivity index (χ0v) is 9.43. The summed E-state index contributed by atoms with van der Waals surface area (Å²) in [6.45, 7) is 0.664. The minimum absolute atomic E-state index is 0.204. The third-order valence-electron chi connectivity index (χ3n) is 1.73. The van der Waals surface area contributed by atoms with E-state index in [2.05, 4.69) is 18.3 Å². The van der Waals surface area contributed by atoms with Crippen LogP contribution in [0.4, 0.5) is 0 Å². The first kappa shape index (κ1) is 9.81. The van der Waals surface area contributed by atoms with Crippen LogP contribution in [0.1, 0.15) is 12.8 Å². The van der Waals surface area contributed by atoms with Crippen LogP contribution in [-0.2, 0) is 9.32 Å².